The number of hydrogen-bond acceptors (Lipinski definition) is 3. The molecule has 1 aromatic carbocycles. The highest BCUT2D eigenvalue weighted by atomic mass is 15.1. The molecule has 4 rings (SSSR count). The van der Waals surface area contributed by atoms with Crippen LogP contribution in [-0.2, 0) is 6.54 Å². The van der Waals surface area contributed by atoms with E-state index in [1.165, 1.54) is 18.4 Å². The number of benzene rings is 1. The molecule has 0 aliphatic heterocycles. The Morgan fingerprint density at radius 1 is 1.20 bits per heavy atom. The minimum Gasteiger partial charge on any atom is -0.310 e. The second-order valence-electron chi connectivity index (χ2n) is 5.31. The van der Waals surface area contributed by atoms with Crippen LogP contribution in [0.2, 0.25) is 0 Å². The zero-order valence-electron chi connectivity index (χ0n) is 11.2. The smallest absolute Gasteiger partial charge is 0.100 e. The molecule has 0 amide bonds. The third-order valence-electron chi connectivity index (χ3n) is 3.68. The summed E-state index contributed by atoms with van der Waals surface area (Å²) in [5.41, 5.74) is 4.40. The molecule has 0 radical (unpaired) electrons. The lowest BCUT2D eigenvalue weighted by molar-refractivity contribution is 0.685. The van der Waals surface area contributed by atoms with E-state index in [0.717, 1.165) is 23.3 Å². The summed E-state index contributed by atoms with van der Waals surface area (Å²) in [7, 11) is 0. The Morgan fingerprint density at radius 2 is 2.10 bits per heavy atom. The minimum atomic E-state index is 0.715. The monoisotopic (exact) mass is 264 g/mol. The van der Waals surface area contributed by atoms with Gasteiger partial charge in [0.15, 0.2) is 0 Å². The Labute approximate surface area is 117 Å². The lowest BCUT2D eigenvalue weighted by Crippen LogP contribution is -2.15. The number of aromatic nitrogens is 3. The fourth-order valence-electron chi connectivity index (χ4n) is 2.42. The molecule has 0 atom stereocenters. The van der Waals surface area contributed by atoms with Gasteiger partial charge in [-0.1, -0.05) is 12.1 Å². The third-order valence-corrected chi connectivity index (χ3v) is 3.68. The molecule has 1 N–H and O–H groups in total. The molecule has 3 aromatic rings. The fourth-order valence-corrected chi connectivity index (χ4v) is 2.42. The van der Waals surface area contributed by atoms with Crippen LogP contribution in [0.5, 0.6) is 0 Å². The van der Waals surface area contributed by atoms with Gasteiger partial charge in [0.05, 0.1) is 22.9 Å². The second-order valence-corrected chi connectivity index (χ2v) is 5.31. The SMILES string of the molecule is c1ccc2c(c1)ncn2-c1cncc(CNC2CC2)c1. The Bertz CT molecular complexity index is 743. The highest BCUT2D eigenvalue weighted by Gasteiger charge is 2.20. The van der Waals surface area contributed by atoms with Crippen LogP contribution in [0.15, 0.2) is 49.1 Å². The van der Waals surface area contributed by atoms with E-state index in [1.807, 2.05) is 36.9 Å². The van der Waals surface area contributed by atoms with Gasteiger partial charge in [0, 0.05) is 18.8 Å². The van der Waals surface area contributed by atoms with Crippen molar-refractivity contribution in [3.8, 4) is 5.69 Å². The van der Waals surface area contributed by atoms with Gasteiger partial charge >= 0.3 is 0 Å². The van der Waals surface area contributed by atoms with E-state index < -0.39 is 0 Å². The normalized spacial score (nSPS) is 14.8. The van der Waals surface area contributed by atoms with Gasteiger partial charge < -0.3 is 5.32 Å². The van der Waals surface area contributed by atoms with Gasteiger partial charge in [-0.3, -0.25) is 9.55 Å². The van der Waals surface area contributed by atoms with Crippen LogP contribution in [0.1, 0.15) is 18.4 Å². The number of para-hydroxylation sites is 2. The summed E-state index contributed by atoms with van der Waals surface area (Å²) in [6, 6.07) is 11.0. The topological polar surface area (TPSA) is 42.7 Å². The maximum atomic E-state index is 4.43. The van der Waals surface area contributed by atoms with E-state index in [-0.39, 0.29) is 0 Å². The minimum absolute atomic E-state index is 0.715. The van der Waals surface area contributed by atoms with E-state index >= 15 is 0 Å². The third kappa shape index (κ3) is 2.18. The number of nitrogens with zero attached hydrogens (tertiary/aromatic N) is 3. The predicted octanol–water partition coefficient (Wildman–Crippen LogP) is 2.67. The molecule has 0 spiro atoms. The molecule has 1 fully saturated rings. The van der Waals surface area contributed by atoms with Gasteiger partial charge in [0.25, 0.3) is 0 Å². The maximum absolute atomic E-state index is 4.43. The molecule has 2 aromatic heterocycles. The molecule has 20 heavy (non-hydrogen) atoms. The molecule has 0 unspecified atom stereocenters. The molecular weight excluding hydrogens is 248 g/mol. The number of imidazole rings is 1. The van der Waals surface area contributed by atoms with Crippen LogP contribution in [0.4, 0.5) is 0 Å². The zero-order chi connectivity index (χ0) is 13.4. The van der Waals surface area contributed by atoms with E-state index in [9.17, 15) is 0 Å². The fraction of sp³-hybridized carbons (Fsp3) is 0.250. The Morgan fingerprint density at radius 3 is 3.00 bits per heavy atom. The summed E-state index contributed by atoms with van der Waals surface area (Å²) in [6.07, 6.45) is 8.28. The highest BCUT2D eigenvalue weighted by molar-refractivity contribution is 5.77. The summed E-state index contributed by atoms with van der Waals surface area (Å²) >= 11 is 0. The Hall–Kier alpha value is -2.20. The average Bonchev–Trinajstić information content (AvgIpc) is 3.23. The van der Waals surface area contributed by atoms with Crippen LogP contribution in [0, 0.1) is 0 Å². The van der Waals surface area contributed by atoms with Crippen molar-refractivity contribution in [2.45, 2.75) is 25.4 Å². The van der Waals surface area contributed by atoms with Crippen molar-refractivity contribution in [3.05, 3.63) is 54.6 Å². The van der Waals surface area contributed by atoms with E-state index in [1.54, 1.807) is 0 Å². The number of nitrogens with one attached hydrogen (secondary N) is 1. The van der Waals surface area contributed by atoms with Crippen LogP contribution in [-0.4, -0.2) is 20.6 Å². The number of rotatable bonds is 4. The molecule has 4 nitrogen and oxygen atoms in total. The molecule has 100 valence electrons. The number of fused-ring (bicyclic) bond motifs is 1. The van der Waals surface area contributed by atoms with Gasteiger partial charge in [0.2, 0.25) is 0 Å². The average molecular weight is 264 g/mol. The molecular formula is C16H16N4. The van der Waals surface area contributed by atoms with Crippen molar-refractivity contribution in [2.75, 3.05) is 0 Å². The maximum Gasteiger partial charge on any atom is 0.100 e. The van der Waals surface area contributed by atoms with Crippen molar-refractivity contribution in [1.29, 1.82) is 0 Å². The van der Waals surface area contributed by atoms with Crippen molar-refractivity contribution in [3.63, 3.8) is 0 Å². The van der Waals surface area contributed by atoms with Gasteiger partial charge in [-0.15, -0.1) is 0 Å². The van der Waals surface area contributed by atoms with Crippen LogP contribution >= 0.6 is 0 Å². The quantitative estimate of drug-likeness (QED) is 0.788. The van der Waals surface area contributed by atoms with Crippen LogP contribution in [0.25, 0.3) is 16.7 Å². The van der Waals surface area contributed by atoms with Crippen molar-refractivity contribution in [1.82, 2.24) is 19.9 Å². The molecule has 0 saturated heterocycles. The largest absolute Gasteiger partial charge is 0.310 e. The first-order chi connectivity index (χ1) is 9.90. The molecule has 1 saturated carbocycles. The first-order valence-electron chi connectivity index (χ1n) is 7.00. The molecule has 2 heterocycles. The van der Waals surface area contributed by atoms with Crippen molar-refractivity contribution in [2.24, 2.45) is 0 Å². The lowest BCUT2D eigenvalue weighted by Gasteiger charge is -2.07. The number of hydrogen-bond donors (Lipinski definition) is 1. The molecule has 1 aliphatic rings. The second kappa shape index (κ2) is 4.72. The van der Waals surface area contributed by atoms with E-state index in [0.29, 0.717) is 6.04 Å². The first-order valence-corrected chi connectivity index (χ1v) is 7.00. The van der Waals surface area contributed by atoms with E-state index in [4.69, 9.17) is 0 Å². The summed E-state index contributed by atoms with van der Waals surface area (Å²) in [4.78, 5) is 8.79. The van der Waals surface area contributed by atoms with Crippen LogP contribution < -0.4 is 5.32 Å². The molecule has 4 heteroatoms. The summed E-state index contributed by atoms with van der Waals surface area (Å²) in [5.74, 6) is 0. The van der Waals surface area contributed by atoms with Crippen molar-refractivity contribution >= 4 is 11.0 Å². The van der Waals surface area contributed by atoms with Gasteiger partial charge in [-0.2, -0.15) is 0 Å². The lowest BCUT2D eigenvalue weighted by atomic mass is 10.2. The van der Waals surface area contributed by atoms with Crippen molar-refractivity contribution < 1.29 is 0 Å². The predicted molar refractivity (Wildman–Crippen MR) is 78.7 cm³/mol. The summed E-state index contributed by atoms with van der Waals surface area (Å²) in [5, 5.41) is 3.52. The number of pyridine rings is 1. The van der Waals surface area contributed by atoms with Crippen LogP contribution in [0.3, 0.4) is 0 Å². The van der Waals surface area contributed by atoms with Gasteiger partial charge in [0.1, 0.15) is 6.33 Å². The highest BCUT2D eigenvalue weighted by Crippen LogP contribution is 2.20. The standard InChI is InChI=1S/C16H16N4/c1-2-4-16-15(3-1)19-11-20(16)14-7-12(8-17-10-14)9-18-13-5-6-13/h1-4,7-8,10-11,13,18H,5-6,9H2. The summed E-state index contributed by atoms with van der Waals surface area (Å²) < 4.78 is 2.09. The van der Waals surface area contributed by atoms with Gasteiger partial charge in [-0.25, -0.2) is 4.98 Å². The zero-order valence-corrected chi connectivity index (χ0v) is 11.2. The first kappa shape index (κ1) is 11.6. The molecule has 0 bridgehead atoms. The Kier molecular flexibility index (Phi) is 2.74. The van der Waals surface area contributed by atoms with Gasteiger partial charge in [-0.05, 0) is 36.6 Å². The van der Waals surface area contributed by atoms with E-state index in [2.05, 4.69) is 32.0 Å². The Balaban J connectivity index is 1.68. The summed E-state index contributed by atoms with van der Waals surface area (Å²) in [6.45, 7) is 0.887. The molecule has 1 aliphatic carbocycles.